The van der Waals surface area contributed by atoms with Crippen molar-refractivity contribution in [2.45, 2.75) is 45.6 Å². The number of nitro groups is 1. The minimum atomic E-state index is -0.824. The Labute approximate surface area is 150 Å². The number of nitrogens with zero attached hydrogens (tertiary/aromatic N) is 1. The van der Waals surface area contributed by atoms with Crippen molar-refractivity contribution in [2.24, 2.45) is 5.73 Å². The molecule has 25 heavy (non-hydrogen) atoms. The highest BCUT2D eigenvalue weighted by Gasteiger charge is 2.21. The van der Waals surface area contributed by atoms with Crippen molar-refractivity contribution in [3.8, 4) is 5.75 Å². The van der Waals surface area contributed by atoms with E-state index < -0.39 is 22.1 Å². The van der Waals surface area contributed by atoms with Crippen molar-refractivity contribution >= 4 is 29.2 Å². The zero-order valence-electron chi connectivity index (χ0n) is 14.3. The van der Waals surface area contributed by atoms with Crippen LogP contribution < -0.4 is 10.5 Å². The Morgan fingerprint density at radius 3 is 2.44 bits per heavy atom. The smallest absolute Gasteiger partial charge is 0.306 e. The molecular formula is C16H21ClN2O6. The van der Waals surface area contributed by atoms with Gasteiger partial charge < -0.3 is 15.2 Å². The SMILES string of the molecule is CC(C)(C)OC(=O)CCCCOc1cc(C(N)=O)cc([N+](=O)[O-])c1Cl. The molecule has 0 aliphatic rings. The Morgan fingerprint density at radius 2 is 1.92 bits per heavy atom. The molecule has 1 amide bonds. The molecule has 0 unspecified atom stereocenters. The molecule has 9 heteroatoms. The highest BCUT2D eigenvalue weighted by atomic mass is 35.5. The number of unbranched alkanes of at least 4 members (excludes halogenated alkanes) is 1. The summed E-state index contributed by atoms with van der Waals surface area (Å²) in [5, 5.41) is 10.8. The lowest BCUT2D eigenvalue weighted by atomic mass is 10.1. The van der Waals surface area contributed by atoms with Gasteiger partial charge in [-0.3, -0.25) is 19.7 Å². The Bertz CT molecular complexity index is 669. The number of rotatable bonds is 8. The minimum absolute atomic E-state index is 0.00179. The summed E-state index contributed by atoms with van der Waals surface area (Å²) >= 11 is 5.92. The first-order valence-corrected chi connectivity index (χ1v) is 8.01. The monoisotopic (exact) mass is 372 g/mol. The average molecular weight is 373 g/mol. The lowest BCUT2D eigenvalue weighted by Gasteiger charge is -2.19. The first kappa shape index (κ1) is 20.7. The fourth-order valence-corrected chi connectivity index (χ4v) is 2.14. The number of hydrogen-bond donors (Lipinski definition) is 1. The predicted octanol–water partition coefficient (Wildman–Crippen LogP) is 3.24. The van der Waals surface area contributed by atoms with Crippen molar-refractivity contribution in [2.75, 3.05) is 6.61 Å². The maximum Gasteiger partial charge on any atom is 0.306 e. The van der Waals surface area contributed by atoms with Crippen LogP contribution in [0.3, 0.4) is 0 Å². The van der Waals surface area contributed by atoms with Crippen molar-refractivity contribution in [1.82, 2.24) is 0 Å². The summed E-state index contributed by atoms with van der Waals surface area (Å²) in [6.07, 6.45) is 1.25. The molecule has 0 heterocycles. The number of carbonyl (C=O) groups excluding carboxylic acids is 2. The summed E-state index contributed by atoms with van der Waals surface area (Å²) in [5.74, 6) is -1.13. The van der Waals surface area contributed by atoms with E-state index in [-0.39, 0.29) is 35.3 Å². The molecule has 0 saturated carbocycles. The molecule has 0 saturated heterocycles. The van der Waals surface area contributed by atoms with E-state index in [0.29, 0.717) is 12.8 Å². The van der Waals surface area contributed by atoms with Gasteiger partial charge in [-0.25, -0.2) is 0 Å². The van der Waals surface area contributed by atoms with Crippen LogP contribution in [0.5, 0.6) is 5.75 Å². The number of carbonyl (C=O) groups is 2. The van der Waals surface area contributed by atoms with Crippen LogP contribution in [-0.4, -0.2) is 29.0 Å². The van der Waals surface area contributed by atoms with Gasteiger partial charge in [0.1, 0.15) is 11.4 Å². The van der Waals surface area contributed by atoms with Gasteiger partial charge in [-0.1, -0.05) is 11.6 Å². The molecular weight excluding hydrogens is 352 g/mol. The molecule has 0 radical (unpaired) electrons. The number of nitro benzene ring substituents is 1. The van der Waals surface area contributed by atoms with Crippen LogP contribution in [0.25, 0.3) is 0 Å². The molecule has 0 aromatic heterocycles. The van der Waals surface area contributed by atoms with E-state index in [4.69, 9.17) is 26.8 Å². The summed E-state index contributed by atoms with van der Waals surface area (Å²) in [6, 6.07) is 2.26. The minimum Gasteiger partial charge on any atom is -0.492 e. The van der Waals surface area contributed by atoms with Crippen molar-refractivity contribution < 1.29 is 24.0 Å². The molecule has 1 rings (SSSR count). The third kappa shape index (κ3) is 6.96. The summed E-state index contributed by atoms with van der Waals surface area (Å²) in [4.78, 5) is 33.1. The van der Waals surface area contributed by atoms with Gasteiger partial charge in [-0.05, 0) is 39.7 Å². The molecule has 138 valence electrons. The third-order valence-electron chi connectivity index (χ3n) is 2.95. The molecule has 0 aliphatic carbocycles. The molecule has 0 aliphatic heterocycles. The van der Waals surface area contributed by atoms with Gasteiger partial charge in [-0.2, -0.15) is 0 Å². The van der Waals surface area contributed by atoms with Crippen molar-refractivity contribution in [3.63, 3.8) is 0 Å². The molecule has 8 nitrogen and oxygen atoms in total. The zero-order chi connectivity index (χ0) is 19.2. The van der Waals surface area contributed by atoms with Gasteiger partial charge in [0.2, 0.25) is 5.91 Å². The molecule has 0 spiro atoms. The Balaban J connectivity index is 2.61. The summed E-state index contributed by atoms with van der Waals surface area (Å²) in [7, 11) is 0. The highest BCUT2D eigenvalue weighted by Crippen LogP contribution is 2.35. The van der Waals surface area contributed by atoms with Crippen molar-refractivity contribution in [1.29, 1.82) is 0 Å². The van der Waals surface area contributed by atoms with E-state index in [0.717, 1.165) is 6.07 Å². The van der Waals surface area contributed by atoms with Gasteiger partial charge in [0.25, 0.3) is 5.69 Å². The number of primary amides is 1. The van der Waals surface area contributed by atoms with Crippen LogP contribution in [-0.2, 0) is 9.53 Å². The van der Waals surface area contributed by atoms with E-state index >= 15 is 0 Å². The molecule has 1 aromatic rings. The number of hydrogen-bond acceptors (Lipinski definition) is 6. The summed E-state index contributed by atoms with van der Waals surface area (Å²) in [5.41, 5.74) is 4.09. The second kappa shape index (κ2) is 8.66. The van der Waals surface area contributed by atoms with Crippen LogP contribution in [0.1, 0.15) is 50.4 Å². The van der Waals surface area contributed by atoms with Crippen LogP contribution in [0, 0.1) is 10.1 Å². The number of halogens is 1. The third-order valence-corrected chi connectivity index (χ3v) is 3.33. The van der Waals surface area contributed by atoms with Gasteiger partial charge >= 0.3 is 5.97 Å². The van der Waals surface area contributed by atoms with E-state index in [2.05, 4.69) is 0 Å². The van der Waals surface area contributed by atoms with E-state index in [1.54, 1.807) is 20.8 Å². The number of esters is 1. The zero-order valence-corrected chi connectivity index (χ0v) is 15.1. The van der Waals surface area contributed by atoms with Crippen LogP contribution >= 0.6 is 11.6 Å². The number of nitrogens with two attached hydrogens (primary N) is 1. The van der Waals surface area contributed by atoms with Gasteiger partial charge in [0.05, 0.1) is 11.5 Å². The van der Waals surface area contributed by atoms with Gasteiger partial charge in [0.15, 0.2) is 5.02 Å². The van der Waals surface area contributed by atoms with E-state index in [1.807, 2.05) is 0 Å². The largest absolute Gasteiger partial charge is 0.492 e. The second-order valence-electron chi connectivity index (χ2n) is 6.32. The van der Waals surface area contributed by atoms with E-state index in [9.17, 15) is 19.7 Å². The summed E-state index contributed by atoms with van der Waals surface area (Å²) < 4.78 is 10.6. The van der Waals surface area contributed by atoms with Crippen LogP contribution in [0.15, 0.2) is 12.1 Å². The van der Waals surface area contributed by atoms with Gasteiger partial charge in [0, 0.05) is 18.1 Å². The fraction of sp³-hybridized carbons (Fsp3) is 0.500. The lowest BCUT2D eigenvalue weighted by molar-refractivity contribution is -0.384. The number of ether oxygens (including phenoxy) is 2. The quantitative estimate of drug-likeness (QED) is 0.323. The Morgan fingerprint density at radius 1 is 1.28 bits per heavy atom. The highest BCUT2D eigenvalue weighted by molar-refractivity contribution is 6.34. The topological polar surface area (TPSA) is 122 Å². The number of amides is 1. The molecule has 0 bridgehead atoms. The first-order chi connectivity index (χ1) is 11.5. The Kier molecular flexibility index (Phi) is 7.17. The molecule has 0 fully saturated rings. The van der Waals surface area contributed by atoms with Crippen LogP contribution in [0.2, 0.25) is 5.02 Å². The fourth-order valence-electron chi connectivity index (χ4n) is 1.91. The molecule has 0 atom stereocenters. The van der Waals surface area contributed by atoms with Crippen molar-refractivity contribution in [3.05, 3.63) is 32.8 Å². The standard InChI is InChI=1S/C16H21ClN2O6/c1-16(2,3)25-13(20)6-4-5-7-24-12-9-10(15(18)21)8-11(14(12)17)19(22)23/h8-9H,4-7H2,1-3H3,(H2,18,21). The second-order valence-corrected chi connectivity index (χ2v) is 6.70. The van der Waals surface area contributed by atoms with Gasteiger partial charge in [-0.15, -0.1) is 0 Å². The molecule has 2 N–H and O–H groups in total. The average Bonchev–Trinajstić information content (AvgIpc) is 2.45. The van der Waals surface area contributed by atoms with Crippen LogP contribution in [0.4, 0.5) is 5.69 Å². The first-order valence-electron chi connectivity index (χ1n) is 7.63. The molecule has 1 aromatic carbocycles. The predicted molar refractivity (Wildman–Crippen MR) is 91.8 cm³/mol. The lowest BCUT2D eigenvalue weighted by Crippen LogP contribution is -2.23. The number of benzene rings is 1. The maximum absolute atomic E-state index is 11.6. The Hall–Kier alpha value is -2.35. The summed E-state index contributed by atoms with van der Waals surface area (Å²) in [6.45, 7) is 5.53. The maximum atomic E-state index is 11.6. The van der Waals surface area contributed by atoms with E-state index in [1.165, 1.54) is 6.07 Å². The normalized spacial score (nSPS) is 11.0.